The number of carbonyl (C=O) groups is 3. The summed E-state index contributed by atoms with van der Waals surface area (Å²) in [6, 6.07) is 21.0. The fourth-order valence-electron chi connectivity index (χ4n) is 6.61. The Kier molecular flexibility index (Phi) is 28.2. The minimum Gasteiger partial charge on any atom is -0.481 e. The molecule has 0 unspecified atom stereocenters. The van der Waals surface area contributed by atoms with E-state index in [0.717, 1.165) is 42.2 Å². The van der Waals surface area contributed by atoms with E-state index in [0.29, 0.717) is 133 Å². The third-order valence-corrected chi connectivity index (χ3v) is 11.3. The van der Waals surface area contributed by atoms with E-state index in [1.807, 2.05) is 50.2 Å². The van der Waals surface area contributed by atoms with Crippen LogP contribution in [0.15, 0.2) is 85.1 Å². The minimum absolute atomic E-state index is 0.0207. The van der Waals surface area contributed by atoms with Gasteiger partial charge in [-0.1, -0.05) is 24.3 Å². The average molecular weight is 1020 g/mol. The molecule has 4 aromatic rings. The zero-order valence-corrected chi connectivity index (χ0v) is 41.3. The molecule has 0 bridgehead atoms. The first kappa shape index (κ1) is 58.4. The second-order valence-corrected chi connectivity index (χ2v) is 16.6. The number of hydrogen-bond acceptors (Lipinski definition) is 14. The predicted octanol–water partition coefficient (Wildman–Crippen LogP) is 7.64. The van der Waals surface area contributed by atoms with E-state index in [1.54, 1.807) is 23.9 Å². The summed E-state index contributed by atoms with van der Waals surface area (Å²) in [5.41, 5.74) is 3.65. The quantitative estimate of drug-likeness (QED) is 0.0372. The Morgan fingerprint density at radius 3 is 1.72 bits per heavy atom. The number of nitrogens with zero attached hydrogens (tertiary/aromatic N) is 2. The largest absolute Gasteiger partial charge is 0.481 e. The van der Waals surface area contributed by atoms with Gasteiger partial charge in [0, 0.05) is 59.7 Å². The lowest BCUT2D eigenvalue weighted by atomic mass is 10.0. The van der Waals surface area contributed by atoms with Crippen LogP contribution in [-0.2, 0) is 61.2 Å². The molecule has 1 aromatic heterocycles. The third kappa shape index (κ3) is 23.7. The van der Waals surface area contributed by atoms with Gasteiger partial charge in [-0.05, 0) is 79.6 Å². The first-order chi connectivity index (χ1) is 34.5. The highest BCUT2D eigenvalue weighted by atomic mass is 32.2. The van der Waals surface area contributed by atoms with Crippen molar-refractivity contribution in [3.8, 4) is 11.3 Å². The van der Waals surface area contributed by atoms with Crippen LogP contribution < -0.4 is 15.5 Å². The number of nitrogens with one attached hydrogen (secondary N) is 2. The summed E-state index contributed by atoms with van der Waals surface area (Å²) in [6.45, 7) is 12.2. The molecule has 4 rings (SSSR count). The fourth-order valence-corrected chi connectivity index (χ4v) is 7.40. The maximum absolute atomic E-state index is 13.7. The van der Waals surface area contributed by atoms with Crippen LogP contribution in [0, 0.1) is 0 Å². The van der Waals surface area contributed by atoms with Gasteiger partial charge in [0.15, 0.2) is 0 Å². The maximum atomic E-state index is 13.7. The number of aromatic nitrogens is 1. The van der Waals surface area contributed by atoms with Gasteiger partial charge < -0.3 is 58.5 Å². The van der Waals surface area contributed by atoms with Gasteiger partial charge in [-0.3, -0.25) is 19.4 Å². The summed E-state index contributed by atoms with van der Waals surface area (Å²) in [7, 11) is 0. The van der Waals surface area contributed by atoms with Crippen molar-refractivity contribution in [2.75, 3.05) is 135 Å². The van der Waals surface area contributed by atoms with Crippen LogP contribution in [0.2, 0.25) is 0 Å². The molecule has 3 N–H and O–H groups in total. The van der Waals surface area contributed by atoms with E-state index < -0.39 is 23.6 Å². The lowest BCUT2D eigenvalue weighted by Crippen LogP contribution is -2.23. The number of carbonyl (C=O) groups excluding carboxylic acids is 2. The van der Waals surface area contributed by atoms with E-state index >= 15 is 0 Å². The summed E-state index contributed by atoms with van der Waals surface area (Å²) in [5.74, 6) is -0.261. The normalized spacial score (nSPS) is 11.5. The molecule has 0 spiro atoms. The second-order valence-electron chi connectivity index (χ2n) is 15.5. The Bertz CT molecular complexity index is 2170. The molecule has 0 aliphatic carbocycles. The van der Waals surface area contributed by atoms with Crippen LogP contribution in [-0.4, -0.2) is 152 Å². The molecule has 0 atom stereocenters. The standard InChI is InChI=1S/C51H67F3N4O12S/c1-3-58(4-2)44-11-12-46(45(36-44)47-35-42(13-15-55-47)49(61)56-37-39-7-6-10-43(34-39)51(52,53)54)57-50(62)41-9-5-8-40(33-41)38-71-32-31-70-30-29-69-28-27-68-26-25-67-24-23-66-22-21-65-20-19-64-18-17-63-16-14-48(59)60/h5-13,15,33-36H,3-4,14,16-32,37-38H2,1-2H3,(H,56,61)(H,57,62)(H,59,60). The van der Waals surface area contributed by atoms with Crippen LogP contribution in [0.3, 0.4) is 0 Å². The molecule has 0 radical (unpaired) electrons. The van der Waals surface area contributed by atoms with Crippen LogP contribution >= 0.6 is 11.8 Å². The number of thioether (sulfide) groups is 1. The fraction of sp³-hybridized carbons (Fsp3) is 0.490. The number of amides is 2. The molecule has 71 heavy (non-hydrogen) atoms. The first-order valence-corrected chi connectivity index (χ1v) is 24.8. The average Bonchev–Trinajstić information content (AvgIpc) is 3.37. The van der Waals surface area contributed by atoms with Crippen molar-refractivity contribution in [3.63, 3.8) is 0 Å². The van der Waals surface area contributed by atoms with Gasteiger partial charge in [-0.2, -0.15) is 24.9 Å². The van der Waals surface area contributed by atoms with E-state index in [4.69, 9.17) is 43.0 Å². The van der Waals surface area contributed by atoms with Gasteiger partial charge in [-0.15, -0.1) is 0 Å². The number of pyridine rings is 1. The molecule has 3 aromatic carbocycles. The number of halogens is 3. The molecule has 16 nitrogen and oxygen atoms in total. The Morgan fingerprint density at radius 1 is 0.620 bits per heavy atom. The van der Waals surface area contributed by atoms with Gasteiger partial charge >= 0.3 is 12.1 Å². The maximum Gasteiger partial charge on any atom is 0.416 e. The van der Waals surface area contributed by atoms with Crippen LogP contribution in [0.4, 0.5) is 24.5 Å². The van der Waals surface area contributed by atoms with E-state index in [9.17, 15) is 27.6 Å². The number of ether oxygens (including phenoxy) is 8. The van der Waals surface area contributed by atoms with Gasteiger partial charge in [0.1, 0.15) is 0 Å². The third-order valence-electron chi connectivity index (χ3n) is 10.3. The highest BCUT2D eigenvalue weighted by Crippen LogP contribution is 2.33. The van der Waals surface area contributed by atoms with Gasteiger partial charge in [0.25, 0.3) is 11.8 Å². The van der Waals surface area contributed by atoms with Crippen LogP contribution in [0.5, 0.6) is 0 Å². The molecule has 20 heteroatoms. The monoisotopic (exact) mass is 1020 g/mol. The van der Waals surface area contributed by atoms with Crippen LogP contribution in [0.25, 0.3) is 11.3 Å². The Labute approximate surface area is 418 Å². The number of anilines is 2. The first-order valence-electron chi connectivity index (χ1n) is 23.6. The lowest BCUT2D eigenvalue weighted by molar-refractivity contribution is -0.139. The Morgan fingerprint density at radius 2 is 1.15 bits per heavy atom. The zero-order chi connectivity index (χ0) is 50.9. The molecule has 390 valence electrons. The molecule has 2 amide bonds. The van der Waals surface area contributed by atoms with Gasteiger partial charge in [0.2, 0.25) is 0 Å². The van der Waals surface area contributed by atoms with E-state index in [-0.39, 0.29) is 31.0 Å². The molecule has 0 saturated carbocycles. The van der Waals surface area contributed by atoms with Crippen molar-refractivity contribution in [1.82, 2.24) is 10.3 Å². The second kappa shape index (κ2) is 34.2. The van der Waals surface area contributed by atoms with Crippen molar-refractivity contribution < 1.29 is 70.6 Å². The predicted molar refractivity (Wildman–Crippen MR) is 265 cm³/mol. The van der Waals surface area contributed by atoms with Crippen molar-refractivity contribution in [3.05, 3.63) is 113 Å². The molecule has 0 saturated heterocycles. The Hall–Kier alpha value is -5.16. The minimum atomic E-state index is -4.50. The summed E-state index contributed by atoms with van der Waals surface area (Å²) >= 11 is 1.69. The lowest BCUT2D eigenvalue weighted by Gasteiger charge is -2.23. The van der Waals surface area contributed by atoms with Crippen molar-refractivity contribution in [1.29, 1.82) is 0 Å². The Balaban J connectivity index is 1.08. The topological polar surface area (TPSA) is 185 Å². The molecular weight excluding hydrogens is 950 g/mol. The molecular formula is C51H67F3N4O12S. The summed E-state index contributed by atoms with van der Waals surface area (Å²) in [4.78, 5) is 44.1. The zero-order valence-electron chi connectivity index (χ0n) is 40.5. The number of carboxylic acids is 1. The van der Waals surface area contributed by atoms with Crippen LogP contribution in [0.1, 0.15) is 57.7 Å². The number of benzene rings is 3. The number of rotatable bonds is 38. The van der Waals surface area contributed by atoms with Crippen molar-refractivity contribution in [2.45, 2.75) is 38.7 Å². The number of aliphatic carboxylic acids is 1. The molecule has 0 aliphatic heterocycles. The summed E-state index contributed by atoms with van der Waals surface area (Å²) in [5, 5.41) is 14.3. The molecule has 1 heterocycles. The summed E-state index contributed by atoms with van der Waals surface area (Å²) < 4.78 is 83.4. The molecule has 0 aliphatic rings. The number of carboxylic acid groups (broad SMARTS) is 1. The number of alkyl halides is 3. The van der Waals surface area contributed by atoms with Gasteiger partial charge in [0.05, 0.1) is 129 Å². The van der Waals surface area contributed by atoms with Crippen molar-refractivity contribution in [2.24, 2.45) is 0 Å². The van der Waals surface area contributed by atoms with E-state index in [2.05, 4.69) is 20.5 Å². The summed E-state index contributed by atoms with van der Waals surface area (Å²) in [6.07, 6.45) is -3.03. The number of hydrogen-bond donors (Lipinski definition) is 3. The molecule has 0 fully saturated rings. The van der Waals surface area contributed by atoms with Gasteiger partial charge in [-0.25, -0.2) is 0 Å². The smallest absolute Gasteiger partial charge is 0.416 e. The SMILES string of the molecule is CCN(CC)c1ccc(NC(=O)c2cccc(CSCCOCCOCCOCCOCCOCCOCCOCCOCCC(=O)O)c2)c(-c2cc(C(=O)NCc3cccc(C(F)(F)F)c3)ccn2)c1. The highest BCUT2D eigenvalue weighted by molar-refractivity contribution is 7.98. The van der Waals surface area contributed by atoms with Crippen molar-refractivity contribution >= 4 is 40.9 Å². The van der Waals surface area contributed by atoms with E-state index in [1.165, 1.54) is 24.4 Å². The highest BCUT2D eigenvalue weighted by Gasteiger charge is 2.30.